The number of amides is 3. The maximum absolute atomic E-state index is 12.0. The summed E-state index contributed by atoms with van der Waals surface area (Å²) in [6.07, 6.45) is 6.29. The second-order valence-corrected chi connectivity index (χ2v) is 7.08. The van der Waals surface area contributed by atoms with E-state index in [2.05, 4.69) is 16.0 Å². The maximum Gasteiger partial charge on any atom is 0.322 e. The molecule has 4 N–H and O–H groups in total. The Balaban J connectivity index is 1.69. The molecule has 0 atom stereocenters. The third-order valence-electron chi connectivity index (χ3n) is 4.68. The van der Waals surface area contributed by atoms with E-state index in [1.165, 1.54) is 19.3 Å². The minimum atomic E-state index is -1.10. The Morgan fingerprint density at radius 3 is 2.14 bits per heavy atom. The standard InChI is InChI=1S/C20H27N3O5/c24-17(10-14-4-2-1-3-5-14)21-12-19(26)23-16-8-6-15(7-9-16)11-18(25)22-13-20(27)28/h6-9,14H,1-5,10-13H2,(H,21,24)(H,22,25)(H,23,26)(H,27,28). The van der Waals surface area contributed by atoms with Gasteiger partial charge in [-0.3, -0.25) is 19.2 Å². The molecule has 8 nitrogen and oxygen atoms in total. The van der Waals surface area contributed by atoms with Gasteiger partial charge in [0.2, 0.25) is 17.7 Å². The van der Waals surface area contributed by atoms with Crippen molar-refractivity contribution in [2.45, 2.75) is 44.9 Å². The fourth-order valence-corrected chi connectivity index (χ4v) is 3.24. The minimum absolute atomic E-state index is 0.0543. The molecule has 1 fully saturated rings. The largest absolute Gasteiger partial charge is 0.480 e. The van der Waals surface area contributed by atoms with Crippen molar-refractivity contribution in [2.24, 2.45) is 5.92 Å². The van der Waals surface area contributed by atoms with Crippen molar-refractivity contribution in [2.75, 3.05) is 18.4 Å². The van der Waals surface area contributed by atoms with E-state index in [-0.39, 0.29) is 30.7 Å². The van der Waals surface area contributed by atoms with Gasteiger partial charge in [-0.05, 0) is 36.5 Å². The molecule has 8 heteroatoms. The van der Waals surface area contributed by atoms with Crippen molar-refractivity contribution in [3.8, 4) is 0 Å². The molecule has 1 aliphatic rings. The van der Waals surface area contributed by atoms with Gasteiger partial charge in [0.1, 0.15) is 6.54 Å². The number of benzene rings is 1. The predicted octanol–water partition coefficient (Wildman–Crippen LogP) is 1.45. The molecular formula is C20H27N3O5. The maximum atomic E-state index is 12.0. The first-order valence-electron chi connectivity index (χ1n) is 9.56. The van der Waals surface area contributed by atoms with Crippen molar-refractivity contribution in [1.82, 2.24) is 10.6 Å². The highest BCUT2D eigenvalue weighted by Gasteiger charge is 2.17. The number of hydrogen-bond acceptors (Lipinski definition) is 4. The van der Waals surface area contributed by atoms with E-state index in [1.807, 2.05) is 0 Å². The highest BCUT2D eigenvalue weighted by Crippen LogP contribution is 2.25. The van der Waals surface area contributed by atoms with Gasteiger partial charge >= 0.3 is 5.97 Å². The van der Waals surface area contributed by atoms with Crippen LogP contribution >= 0.6 is 0 Å². The molecule has 1 saturated carbocycles. The fourth-order valence-electron chi connectivity index (χ4n) is 3.24. The monoisotopic (exact) mass is 389 g/mol. The average Bonchev–Trinajstić information content (AvgIpc) is 2.67. The van der Waals surface area contributed by atoms with Gasteiger partial charge in [0.05, 0.1) is 13.0 Å². The molecule has 0 heterocycles. The van der Waals surface area contributed by atoms with E-state index in [9.17, 15) is 19.2 Å². The van der Waals surface area contributed by atoms with Gasteiger partial charge in [-0.25, -0.2) is 0 Å². The third-order valence-corrected chi connectivity index (χ3v) is 4.68. The number of carboxylic acids is 1. The van der Waals surface area contributed by atoms with Gasteiger partial charge in [0.15, 0.2) is 0 Å². The molecule has 0 unspecified atom stereocenters. The van der Waals surface area contributed by atoms with Crippen LogP contribution in [0.5, 0.6) is 0 Å². The lowest BCUT2D eigenvalue weighted by Crippen LogP contribution is -2.34. The lowest BCUT2D eigenvalue weighted by molar-refractivity contribution is -0.137. The minimum Gasteiger partial charge on any atom is -0.480 e. The first-order valence-corrected chi connectivity index (χ1v) is 9.56. The number of carbonyl (C=O) groups excluding carboxylic acids is 3. The summed E-state index contributed by atoms with van der Waals surface area (Å²) in [6.45, 7) is -0.496. The van der Waals surface area contributed by atoms with Gasteiger partial charge in [0, 0.05) is 12.1 Å². The Morgan fingerprint density at radius 1 is 0.857 bits per heavy atom. The molecule has 0 aromatic heterocycles. The summed E-state index contributed by atoms with van der Waals surface area (Å²) in [5, 5.41) is 16.2. The molecule has 1 aromatic carbocycles. The molecule has 0 radical (unpaired) electrons. The van der Waals surface area contributed by atoms with Crippen LogP contribution in [0.3, 0.4) is 0 Å². The summed E-state index contributed by atoms with van der Waals surface area (Å²) in [5.41, 5.74) is 1.25. The number of rotatable bonds is 9. The number of carbonyl (C=O) groups is 4. The predicted molar refractivity (Wildman–Crippen MR) is 104 cm³/mol. The highest BCUT2D eigenvalue weighted by molar-refractivity contribution is 5.94. The average molecular weight is 389 g/mol. The summed E-state index contributed by atoms with van der Waals surface area (Å²) in [4.78, 5) is 45.9. The first kappa shape index (κ1) is 21.4. The van der Waals surface area contributed by atoms with Crippen LogP contribution in [0, 0.1) is 5.92 Å². The van der Waals surface area contributed by atoms with Crippen molar-refractivity contribution >= 4 is 29.4 Å². The highest BCUT2D eigenvalue weighted by atomic mass is 16.4. The smallest absolute Gasteiger partial charge is 0.322 e. The van der Waals surface area contributed by atoms with Crippen LogP contribution in [0.15, 0.2) is 24.3 Å². The van der Waals surface area contributed by atoms with Crippen LogP contribution in [0.2, 0.25) is 0 Å². The van der Waals surface area contributed by atoms with E-state index >= 15 is 0 Å². The Morgan fingerprint density at radius 2 is 1.50 bits per heavy atom. The van der Waals surface area contributed by atoms with Crippen LogP contribution in [-0.4, -0.2) is 41.9 Å². The molecule has 0 spiro atoms. The molecular weight excluding hydrogens is 362 g/mol. The molecule has 152 valence electrons. The normalized spacial score (nSPS) is 14.1. The van der Waals surface area contributed by atoms with Gasteiger partial charge in [-0.2, -0.15) is 0 Å². The van der Waals surface area contributed by atoms with Crippen LogP contribution in [0.1, 0.15) is 44.1 Å². The first-order chi connectivity index (χ1) is 13.4. The van der Waals surface area contributed by atoms with Crippen LogP contribution < -0.4 is 16.0 Å². The Bertz CT molecular complexity index is 696. The lowest BCUT2D eigenvalue weighted by atomic mass is 9.87. The Kier molecular flexibility index (Phi) is 8.45. The number of nitrogens with one attached hydrogen (secondary N) is 3. The van der Waals surface area contributed by atoms with Gasteiger partial charge in [-0.15, -0.1) is 0 Å². The van der Waals surface area contributed by atoms with Crippen LogP contribution in [0.25, 0.3) is 0 Å². The molecule has 0 bridgehead atoms. The summed E-state index contributed by atoms with van der Waals surface area (Å²) in [7, 11) is 0. The number of carboxylic acid groups (broad SMARTS) is 1. The second kappa shape index (κ2) is 11.1. The van der Waals surface area contributed by atoms with E-state index in [0.717, 1.165) is 12.8 Å². The Hall–Kier alpha value is -2.90. The molecule has 1 aromatic rings. The Labute approximate surface area is 164 Å². The molecule has 0 aliphatic heterocycles. The van der Waals surface area contributed by atoms with Gasteiger partial charge in [-0.1, -0.05) is 31.4 Å². The van der Waals surface area contributed by atoms with Crippen molar-refractivity contribution in [3.05, 3.63) is 29.8 Å². The van der Waals surface area contributed by atoms with E-state index in [0.29, 0.717) is 23.6 Å². The van der Waals surface area contributed by atoms with E-state index < -0.39 is 12.5 Å². The number of aliphatic carboxylic acids is 1. The zero-order valence-electron chi connectivity index (χ0n) is 15.8. The number of anilines is 1. The lowest BCUT2D eigenvalue weighted by Gasteiger charge is -2.20. The molecule has 0 saturated heterocycles. The molecule has 28 heavy (non-hydrogen) atoms. The number of hydrogen-bond donors (Lipinski definition) is 4. The van der Waals surface area contributed by atoms with E-state index in [1.54, 1.807) is 24.3 Å². The third kappa shape index (κ3) is 8.20. The quantitative estimate of drug-likeness (QED) is 0.509. The summed E-state index contributed by atoms with van der Waals surface area (Å²) in [6, 6.07) is 6.67. The van der Waals surface area contributed by atoms with Crippen LogP contribution in [-0.2, 0) is 25.6 Å². The van der Waals surface area contributed by atoms with Crippen molar-refractivity contribution in [1.29, 1.82) is 0 Å². The van der Waals surface area contributed by atoms with Gasteiger partial charge in [0.25, 0.3) is 0 Å². The summed E-state index contributed by atoms with van der Waals surface area (Å²) in [5.74, 6) is -1.47. The molecule has 3 amide bonds. The zero-order chi connectivity index (χ0) is 20.4. The van der Waals surface area contributed by atoms with Crippen molar-refractivity contribution in [3.63, 3.8) is 0 Å². The molecule has 1 aliphatic carbocycles. The summed E-state index contributed by atoms with van der Waals surface area (Å²) >= 11 is 0. The molecule has 2 rings (SSSR count). The fraction of sp³-hybridized carbons (Fsp3) is 0.500. The SMILES string of the molecule is O=C(O)CNC(=O)Cc1ccc(NC(=O)CNC(=O)CC2CCCCC2)cc1. The summed E-state index contributed by atoms with van der Waals surface area (Å²) < 4.78 is 0. The second-order valence-electron chi connectivity index (χ2n) is 7.08. The zero-order valence-corrected chi connectivity index (χ0v) is 15.8. The van der Waals surface area contributed by atoms with Gasteiger partial charge < -0.3 is 21.1 Å². The topological polar surface area (TPSA) is 125 Å². The van der Waals surface area contributed by atoms with E-state index in [4.69, 9.17) is 5.11 Å². The van der Waals surface area contributed by atoms with Crippen LogP contribution in [0.4, 0.5) is 5.69 Å². The van der Waals surface area contributed by atoms with Crippen molar-refractivity contribution < 1.29 is 24.3 Å².